The first-order valence-electron chi connectivity index (χ1n) is 7.85. The number of ketones is 1. The fraction of sp³-hybridized carbons (Fsp3) is 0.333. The van der Waals surface area contributed by atoms with Crippen molar-refractivity contribution in [2.24, 2.45) is 5.92 Å². The van der Waals surface area contributed by atoms with E-state index in [9.17, 15) is 9.90 Å². The Hall–Kier alpha value is -1.98. The summed E-state index contributed by atoms with van der Waals surface area (Å²) in [7, 11) is 1.48. The van der Waals surface area contributed by atoms with E-state index in [0.717, 1.165) is 12.8 Å². The summed E-state index contributed by atoms with van der Waals surface area (Å²) in [6, 6.07) is 3.11. The van der Waals surface area contributed by atoms with Crippen LogP contribution in [0, 0.1) is 5.92 Å². The lowest BCUT2D eigenvalue weighted by molar-refractivity contribution is 0.0989. The predicted molar refractivity (Wildman–Crippen MR) is 95.2 cm³/mol. The van der Waals surface area contributed by atoms with Crippen LogP contribution in [-0.4, -0.2) is 29.6 Å². The molecule has 132 valence electrons. The number of aromatic nitrogens is 1. The minimum atomic E-state index is -0.327. The Kier molecular flexibility index (Phi) is 5.35. The Bertz CT molecular complexity index is 786. The Morgan fingerprint density at radius 1 is 1.28 bits per heavy atom. The smallest absolute Gasteiger partial charge is 0.204 e. The number of methoxy groups -OCH3 is 1. The maximum absolute atomic E-state index is 12.6. The molecular weight excluding hydrogens is 365 g/mol. The van der Waals surface area contributed by atoms with Crippen molar-refractivity contribution in [3.05, 3.63) is 45.7 Å². The number of hydrogen-bond donors (Lipinski definition) is 1. The second-order valence-electron chi connectivity index (χ2n) is 5.93. The monoisotopic (exact) mass is 381 g/mol. The first kappa shape index (κ1) is 17.8. The van der Waals surface area contributed by atoms with Crippen LogP contribution in [-0.2, 0) is 6.42 Å². The van der Waals surface area contributed by atoms with Crippen LogP contribution in [0.2, 0.25) is 10.0 Å². The summed E-state index contributed by atoms with van der Waals surface area (Å²) >= 11 is 12.1. The van der Waals surface area contributed by atoms with Crippen molar-refractivity contribution in [2.75, 3.05) is 13.7 Å². The molecule has 5 nitrogen and oxygen atoms in total. The fourth-order valence-electron chi connectivity index (χ4n) is 2.43. The molecule has 1 heterocycles. The summed E-state index contributed by atoms with van der Waals surface area (Å²) in [5.74, 6) is 0.512. The lowest BCUT2D eigenvalue weighted by Gasteiger charge is -2.15. The summed E-state index contributed by atoms with van der Waals surface area (Å²) < 4.78 is 10.9. The molecule has 1 aromatic carbocycles. The molecule has 1 saturated carbocycles. The van der Waals surface area contributed by atoms with Crippen LogP contribution < -0.4 is 9.47 Å². The molecule has 0 unspecified atom stereocenters. The third-order valence-corrected chi connectivity index (χ3v) is 4.72. The van der Waals surface area contributed by atoms with Gasteiger partial charge in [-0.25, -0.2) is 0 Å². The average molecular weight is 382 g/mol. The van der Waals surface area contributed by atoms with Crippen LogP contribution in [0.1, 0.15) is 28.8 Å². The number of benzene rings is 1. The van der Waals surface area contributed by atoms with Gasteiger partial charge in [-0.2, -0.15) is 0 Å². The number of halogens is 2. The third-order valence-electron chi connectivity index (χ3n) is 4.07. The number of ether oxygens (including phenoxy) is 2. The minimum absolute atomic E-state index is 0.0534. The van der Waals surface area contributed by atoms with Gasteiger partial charge in [0.2, 0.25) is 5.75 Å². The van der Waals surface area contributed by atoms with E-state index in [4.69, 9.17) is 32.7 Å². The second kappa shape index (κ2) is 7.50. The molecule has 0 saturated heterocycles. The van der Waals surface area contributed by atoms with Gasteiger partial charge in [0.25, 0.3) is 0 Å². The zero-order valence-electron chi connectivity index (χ0n) is 13.6. The SMILES string of the molecule is COc1ccc(C(=O)Cc2c(Cl)cncc2Cl)c(O)c1OCC1CC1. The molecule has 1 aromatic heterocycles. The van der Waals surface area contributed by atoms with Crippen LogP contribution in [0.3, 0.4) is 0 Å². The van der Waals surface area contributed by atoms with Crippen LogP contribution >= 0.6 is 23.2 Å². The Morgan fingerprint density at radius 3 is 2.56 bits per heavy atom. The summed E-state index contributed by atoms with van der Waals surface area (Å²) in [6.45, 7) is 0.490. The van der Waals surface area contributed by atoms with Gasteiger partial charge in [-0.05, 0) is 30.9 Å². The van der Waals surface area contributed by atoms with Crippen molar-refractivity contribution in [3.63, 3.8) is 0 Å². The molecule has 0 bridgehead atoms. The van der Waals surface area contributed by atoms with Gasteiger partial charge < -0.3 is 14.6 Å². The zero-order valence-corrected chi connectivity index (χ0v) is 15.1. The van der Waals surface area contributed by atoms with Gasteiger partial charge in [0.1, 0.15) is 0 Å². The highest BCUT2D eigenvalue weighted by Gasteiger charge is 2.25. The first-order chi connectivity index (χ1) is 12.0. The summed E-state index contributed by atoms with van der Waals surface area (Å²) in [5.41, 5.74) is 0.606. The number of pyridine rings is 1. The molecule has 0 atom stereocenters. The predicted octanol–water partition coefficient (Wildman–Crippen LogP) is 4.32. The van der Waals surface area contributed by atoms with Crippen molar-refractivity contribution in [2.45, 2.75) is 19.3 Å². The van der Waals surface area contributed by atoms with Gasteiger partial charge in [0.05, 0.1) is 29.3 Å². The van der Waals surface area contributed by atoms with E-state index in [1.165, 1.54) is 25.6 Å². The van der Waals surface area contributed by atoms with Gasteiger partial charge in [0.15, 0.2) is 17.3 Å². The largest absolute Gasteiger partial charge is 0.504 e. The summed E-state index contributed by atoms with van der Waals surface area (Å²) in [5, 5.41) is 11.1. The third kappa shape index (κ3) is 3.99. The molecule has 25 heavy (non-hydrogen) atoms. The average Bonchev–Trinajstić information content (AvgIpc) is 3.41. The van der Waals surface area contributed by atoms with Gasteiger partial charge in [-0.3, -0.25) is 9.78 Å². The standard InChI is InChI=1S/C18H17Cl2NO4/c1-24-16-5-4-11(17(23)18(16)25-9-10-2-3-10)15(22)6-12-13(19)7-21-8-14(12)20/h4-5,7-8,10,23H,2-3,6,9H2,1H3. The Balaban J connectivity index is 1.87. The number of nitrogens with zero attached hydrogens (tertiary/aromatic N) is 1. The van der Waals surface area contributed by atoms with Crippen molar-refractivity contribution in [1.29, 1.82) is 0 Å². The van der Waals surface area contributed by atoms with E-state index in [1.54, 1.807) is 6.07 Å². The first-order valence-corrected chi connectivity index (χ1v) is 8.60. The highest BCUT2D eigenvalue weighted by molar-refractivity contribution is 6.36. The minimum Gasteiger partial charge on any atom is -0.504 e. The van der Waals surface area contributed by atoms with E-state index < -0.39 is 0 Å². The topological polar surface area (TPSA) is 68.7 Å². The normalized spacial score (nSPS) is 13.6. The number of rotatable bonds is 7. The second-order valence-corrected chi connectivity index (χ2v) is 6.74. The lowest BCUT2D eigenvalue weighted by atomic mass is 10.0. The number of carbonyl (C=O) groups is 1. The molecule has 7 heteroatoms. The van der Waals surface area contributed by atoms with Crippen LogP contribution in [0.25, 0.3) is 0 Å². The van der Waals surface area contributed by atoms with Gasteiger partial charge in [-0.15, -0.1) is 0 Å². The highest BCUT2D eigenvalue weighted by Crippen LogP contribution is 2.41. The lowest BCUT2D eigenvalue weighted by Crippen LogP contribution is -2.08. The van der Waals surface area contributed by atoms with E-state index >= 15 is 0 Å². The van der Waals surface area contributed by atoms with Crippen molar-refractivity contribution < 1.29 is 19.4 Å². The summed E-state index contributed by atoms with van der Waals surface area (Å²) in [6.07, 6.45) is 5.02. The fourth-order valence-corrected chi connectivity index (χ4v) is 2.92. The number of carbonyl (C=O) groups excluding carboxylic acids is 1. The van der Waals surface area contributed by atoms with E-state index in [0.29, 0.717) is 33.9 Å². The van der Waals surface area contributed by atoms with E-state index in [-0.39, 0.29) is 29.3 Å². The Labute approximate surface area is 155 Å². The van der Waals surface area contributed by atoms with Crippen molar-refractivity contribution >= 4 is 29.0 Å². The number of phenolic OH excluding ortho intramolecular Hbond substituents is 1. The molecule has 1 aliphatic rings. The van der Waals surface area contributed by atoms with Crippen LogP contribution in [0.4, 0.5) is 0 Å². The molecule has 1 N–H and O–H groups in total. The number of Topliss-reactive ketones (excluding diaryl/α,β-unsaturated/α-hetero) is 1. The van der Waals surface area contributed by atoms with E-state index in [1.807, 2.05) is 0 Å². The van der Waals surface area contributed by atoms with Gasteiger partial charge >= 0.3 is 0 Å². The van der Waals surface area contributed by atoms with Gasteiger partial charge in [0, 0.05) is 24.4 Å². The number of aromatic hydroxyl groups is 1. The van der Waals surface area contributed by atoms with Crippen molar-refractivity contribution in [1.82, 2.24) is 4.98 Å². The highest BCUT2D eigenvalue weighted by atomic mass is 35.5. The molecular formula is C18H17Cl2NO4. The molecule has 0 aliphatic heterocycles. The molecule has 1 fully saturated rings. The Morgan fingerprint density at radius 2 is 1.96 bits per heavy atom. The van der Waals surface area contributed by atoms with E-state index in [2.05, 4.69) is 4.98 Å². The molecule has 1 aliphatic carbocycles. The maximum atomic E-state index is 12.6. The quantitative estimate of drug-likeness (QED) is 0.723. The summed E-state index contributed by atoms with van der Waals surface area (Å²) in [4.78, 5) is 16.5. The number of hydrogen-bond acceptors (Lipinski definition) is 5. The molecule has 2 aromatic rings. The van der Waals surface area contributed by atoms with Crippen molar-refractivity contribution in [3.8, 4) is 17.2 Å². The molecule has 0 amide bonds. The van der Waals surface area contributed by atoms with Gasteiger partial charge in [-0.1, -0.05) is 23.2 Å². The zero-order chi connectivity index (χ0) is 18.0. The molecule has 3 rings (SSSR count). The maximum Gasteiger partial charge on any atom is 0.204 e. The number of phenols is 1. The van der Waals surface area contributed by atoms with Crippen LogP contribution in [0.5, 0.6) is 17.2 Å². The van der Waals surface area contributed by atoms with Crippen LogP contribution in [0.15, 0.2) is 24.5 Å². The molecule has 0 radical (unpaired) electrons. The molecule has 0 spiro atoms.